The van der Waals surface area contributed by atoms with E-state index in [1.54, 1.807) is 0 Å². The third kappa shape index (κ3) is 3.67. The van der Waals surface area contributed by atoms with Crippen LogP contribution in [0, 0.1) is 19.8 Å². The SMILES string of the molecule is CCC1CCC(N(C)C(CN)c2cccc(C)c2C)CC1. The maximum atomic E-state index is 6.14. The first-order chi connectivity index (χ1) is 10.1. The lowest BCUT2D eigenvalue weighted by Crippen LogP contribution is -2.41. The molecule has 1 aliphatic rings. The van der Waals surface area contributed by atoms with Crippen LogP contribution in [-0.4, -0.2) is 24.5 Å². The number of benzene rings is 1. The number of likely N-dealkylation sites (N-methyl/N-ethyl adjacent to an activating group) is 1. The molecule has 0 spiro atoms. The molecular weight excluding hydrogens is 256 g/mol. The van der Waals surface area contributed by atoms with Crippen LogP contribution in [0.2, 0.25) is 0 Å². The molecule has 0 aliphatic heterocycles. The fourth-order valence-electron chi connectivity index (χ4n) is 3.86. The molecule has 1 aromatic carbocycles. The Balaban J connectivity index is 2.12. The Kier molecular flexibility index (Phi) is 5.83. The van der Waals surface area contributed by atoms with Gasteiger partial charge in [-0.15, -0.1) is 0 Å². The van der Waals surface area contributed by atoms with Gasteiger partial charge < -0.3 is 5.73 Å². The minimum Gasteiger partial charge on any atom is -0.329 e. The largest absolute Gasteiger partial charge is 0.329 e. The maximum absolute atomic E-state index is 6.14. The zero-order valence-corrected chi connectivity index (χ0v) is 14.2. The molecule has 0 radical (unpaired) electrons. The number of hydrogen-bond donors (Lipinski definition) is 1. The maximum Gasteiger partial charge on any atom is 0.0473 e. The lowest BCUT2D eigenvalue weighted by molar-refractivity contribution is 0.121. The van der Waals surface area contributed by atoms with Crippen LogP contribution in [-0.2, 0) is 0 Å². The van der Waals surface area contributed by atoms with Crippen molar-refractivity contribution in [1.82, 2.24) is 4.90 Å². The Hall–Kier alpha value is -0.860. The number of hydrogen-bond acceptors (Lipinski definition) is 2. The van der Waals surface area contributed by atoms with Gasteiger partial charge in [0.05, 0.1) is 0 Å². The van der Waals surface area contributed by atoms with Crippen molar-refractivity contribution in [3.05, 3.63) is 34.9 Å². The highest BCUT2D eigenvalue weighted by Crippen LogP contribution is 2.33. The predicted octanol–water partition coefficient (Wildman–Crippen LogP) is 4.20. The molecule has 1 aromatic rings. The molecule has 21 heavy (non-hydrogen) atoms. The van der Waals surface area contributed by atoms with E-state index < -0.39 is 0 Å². The second kappa shape index (κ2) is 7.42. The second-order valence-corrected chi connectivity index (χ2v) is 6.79. The molecule has 1 fully saturated rings. The van der Waals surface area contributed by atoms with Gasteiger partial charge in [0, 0.05) is 18.6 Å². The molecular formula is C19H32N2. The fourth-order valence-corrected chi connectivity index (χ4v) is 3.86. The van der Waals surface area contributed by atoms with Crippen LogP contribution >= 0.6 is 0 Å². The third-order valence-corrected chi connectivity index (χ3v) is 5.69. The van der Waals surface area contributed by atoms with E-state index in [0.717, 1.165) is 5.92 Å². The highest BCUT2D eigenvalue weighted by atomic mass is 15.2. The number of aryl methyl sites for hydroxylation is 1. The topological polar surface area (TPSA) is 29.3 Å². The van der Waals surface area contributed by atoms with Gasteiger partial charge >= 0.3 is 0 Å². The average Bonchev–Trinajstić information content (AvgIpc) is 2.52. The van der Waals surface area contributed by atoms with E-state index in [1.165, 1.54) is 48.8 Å². The van der Waals surface area contributed by atoms with Gasteiger partial charge in [0.2, 0.25) is 0 Å². The highest BCUT2D eigenvalue weighted by Gasteiger charge is 2.28. The monoisotopic (exact) mass is 288 g/mol. The Morgan fingerprint density at radius 2 is 1.86 bits per heavy atom. The first-order valence-corrected chi connectivity index (χ1v) is 8.56. The van der Waals surface area contributed by atoms with Gasteiger partial charge in [0.1, 0.15) is 0 Å². The van der Waals surface area contributed by atoms with E-state index >= 15 is 0 Å². The van der Waals surface area contributed by atoms with E-state index in [1.807, 2.05) is 0 Å². The summed E-state index contributed by atoms with van der Waals surface area (Å²) in [5.41, 5.74) is 10.3. The van der Waals surface area contributed by atoms with E-state index in [2.05, 4.69) is 50.9 Å². The standard InChI is InChI=1S/C19H32N2/c1-5-16-9-11-17(12-10-16)21(4)19(13-20)18-8-6-7-14(2)15(18)3/h6-8,16-17,19H,5,9-13,20H2,1-4H3. The van der Waals surface area contributed by atoms with Gasteiger partial charge in [0.15, 0.2) is 0 Å². The number of nitrogens with zero attached hydrogens (tertiary/aromatic N) is 1. The molecule has 0 saturated heterocycles. The predicted molar refractivity (Wildman–Crippen MR) is 91.5 cm³/mol. The minimum atomic E-state index is 0.355. The van der Waals surface area contributed by atoms with Crippen LogP contribution in [0.5, 0.6) is 0 Å². The van der Waals surface area contributed by atoms with Gasteiger partial charge in [-0.3, -0.25) is 4.90 Å². The van der Waals surface area contributed by atoms with Crippen LogP contribution < -0.4 is 5.73 Å². The zero-order chi connectivity index (χ0) is 15.4. The Morgan fingerprint density at radius 1 is 1.19 bits per heavy atom. The van der Waals surface area contributed by atoms with Gasteiger partial charge in [-0.05, 0) is 69.2 Å². The van der Waals surface area contributed by atoms with Gasteiger partial charge in [-0.25, -0.2) is 0 Å². The van der Waals surface area contributed by atoms with Crippen molar-refractivity contribution >= 4 is 0 Å². The van der Waals surface area contributed by atoms with Crippen LogP contribution in [0.3, 0.4) is 0 Å². The summed E-state index contributed by atoms with van der Waals surface area (Å²) < 4.78 is 0. The Morgan fingerprint density at radius 3 is 2.43 bits per heavy atom. The summed E-state index contributed by atoms with van der Waals surface area (Å²) in [6.07, 6.45) is 6.77. The first-order valence-electron chi connectivity index (χ1n) is 8.56. The lowest BCUT2D eigenvalue weighted by Gasteiger charge is -2.39. The van der Waals surface area contributed by atoms with Crippen molar-refractivity contribution in [2.45, 2.75) is 65.0 Å². The minimum absolute atomic E-state index is 0.355. The summed E-state index contributed by atoms with van der Waals surface area (Å²) in [5.74, 6) is 0.951. The summed E-state index contributed by atoms with van der Waals surface area (Å²) in [6.45, 7) is 7.45. The summed E-state index contributed by atoms with van der Waals surface area (Å²) in [6, 6.07) is 7.67. The number of rotatable bonds is 5. The molecule has 1 aliphatic carbocycles. The van der Waals surface area contributed by atoms with Crippen molar-refractivity contribution in [2.24, 2.45) is 11.7 Å². The van der Waals surface area contributed by atoms with E-state index in [4.69, 9.17) is 5.73 Å². The number of nitrogens with two attached hydrogens (primary N) is 1. The second-order valence-electron chi connectivity index (χ2n) is 6.79. The van der Waals surface area contributed by atoms with Crippen LogP contribution in [0.15, 0.2) is 18.2 Å². The summed E-state index contributed by atoms with van der Waals surface area (Å²) >= 11 is 0. The third-order valence-electron chi connectivity index (χ3n) is 5.69. The molecule has 2 heteroatoms. The van der Waals surface area contributed by atoms with Crippen molar-refractivity contribution in [3.8, 4) is 0 Å². The Labute approximate surface area is 130 Å². The van der Waals surface area contributed by atoms with Crippen LogP contribution in [0.1, 0.15) is 61.8 Å². The molecule has 1 unspecified atom stereocenters. The zero-order valence-electron chi connectivity index (χ0n) is 14.2. The van der Waals surface area contributed by atoms with Crippen molar-refractivity contribution in [1.29, 1.82) is 0 Å². The van der Waals surface area contributed by atoms with Gasteiger partial charge in [0.25, 0.3) is 0 Å². The fraction of sp³-hybridized carbons (Fsp3) is 0.684. The Bertz CT molecular complexity index is 447. The van der Waals surface area contributed by atoms with Crippen molar-refractivity contribution < 1.29 is 0 Å². The highest BCUT2D eigenvalue weighted by molar-refractivity contribution is 5.35. The van der Waals surface area contributed by atoms with Gasteiger partial charge in [-0.2, -0.15) is 0 Å². The molecule has 118 valence electrons. The van der Waals surface area contributed by atoms with Crippen molar-refractivity contribution in [2.75, 3.05) is 13.6 Å². The van der Waals surface area contributed by atoms with Gasteiger partial charge in [-0.1, -0.05) is 31.5 Å². The van der Waals surface area contributed by atoms with Crippen LogP contribution in [0.25, 0.3) is 0 Å². The quantitative estimate of drug-likeness (QED) is 0.879. The normalized spacial score (nSPS) is 24.3. The van der Waals surface area contributed by atoms with Crippen LogP contribution in [0.4, 0.5) is 0 Å². The van der Waals surface area contributed by atoms with E-state index in [9.17, 15) is 0 Å². The molecule has 0 heterocycles. The molecule has 1 atom stereocenters. The summed E-state index contributed by atoms with van der Waals surface area (Å²) in [4.78, 5) is 2.55. The molecule has 2 rings (SSSR count). The molecule has 2 nitrogen and oxygen atoms in total. The van der Waals surface area contributed by atoms with E-state index in [0.29, 0.717) is 18.6 Å². The van der Waals surface area contributed by atoms with E-state index in [-0.39, 0.29) is 0 Å². The molecule has 0 amide bonds. The molecule has 1 saturated carbocycles. The molecule has 2 N–H and O–H groups in total. The van der Waals surface area contributed by atoms with Crippen molar-refractivity contribution in [3.63, 3.8) is 0 Å². The summed E-state index contributed by atoms with van der Waals surface area (Å²) in [7, 11) is 2.27. The molecule has 0 aromatic heterocycles. The smallest absolute Gasteiger partial charge is 0.0473 e. The summed E-state index contributed by atoms with van der Waals surface area (Å²) in [5, 5.41) is 0. The average molecular weight is 288 g/mol. The molecule has 0 bridgehead atoms. The lowest BCUT2D eigenvalue weighted by atomic mass is 9.83. The first kappa shape index (κ1) is 16.5.